The van der Waals surface area contributed by atoms with Crippen molar-refractivity contribution < 1.29 is 9.53 Å². The zero-order chi connectivity index (χ0) is 20.4. The molecule has 0 radical (unpaired) electrons. The summed E-state index contributed by atoms with van der Waals surface area (Å²) >= 11 is 1.39. The van der Waals surface area contributed by atoms with E-state index in [2.05, 4.69) is 53.4 Å². The van der Waals surface area contributed by atoms with E-state index in [0.717, 1.165) is 53.0 Å². The van der Waals surface area contributed by atoms with E-state index in [1.54, 1.807) is 6.33 Å². The Morgan fingerprint density at radius 2 is 1.86 bits per heavy atom. The molecule has 3 aromatic rings. The number of hydrogen-bond donors (Lipinski definition) is 1. The number of benzene rings is 1. The molecule has 29 heavy (non-hydrogen) atoms. The maximum Gasteiger partial charge on any atom is 0.348 e. The quantitative estimate of drug-likeness (QED) is 0.497. The van der Waals surface area contributed by atoms with E-state index in [0.29, 0.717) is 10.8 Å². The number of rotatable bonds is 5. The number of carbonyl (C=O) groups is 1. The van der Waals surface area contributed by atoms with Gasteiger partial charge in [0, 0.05) is 5.69 Å². The van der Waals surface area contributed by atoms with Crippen LogP contribution in [0, 0.1) is 6.92 Å². The van der Waals surface area contributed by atoms with Gasteiger partial charge < -0.3 is 10.1 Å². The van der Waals surface area contributed by atoms with E-state index in [1.807, 2.05) is 6.92 Å². The summed E-state index contributed by atoms with van der Waals surface area (Å²) in [5.74, 6) is 0.981. The number of fused-ring (bicyclic) bond motifs is 1. The molecule has 0 aliphatic heterocycles. The molecule has 2 aromatic heterocycles. The molecule has 1 aliphatic rings. The van der Waals surface area contributed by atoms with Crippen LogP contribution in [0.4, 0.5) is 11.5 Å². The number of nitrogens with zero attached hydrogens (tertiary/aromatic N) is 2. The first kappa shape index (κ1) is 19.8. The third-order valence-corrected chi connectivity index (χ3v) is 6.76. The van der Waals surface area contributed by atoms with Crippen molar-refractivity contribution in [1.29, 1.82) is 0 Å². The lowest BCUT2D eigenvalue weighted by Gasteiger charge is -2.21. The van der Waals surface area contributed by atoms with Gasteiger partial charge in [0.2, 0.25) is 0 Å². The summed E-state index contributed by atoms with van der Waals surface area (Å²) in [4.78, 5) is 23.1. The number of nitrogens with one attached hydrogen (secondary N) is 1. The summed E-state index contributed by atoms with van der Waals surface area (Å²) in [7, 11) is 0. The van der Waals surface area contributed by atoms with Crippen LogP contribution in [0.5, 0.6) is 0 Å². The van der Waals surface area contributed by atoms with E-state index < -0.39 is 0 Å². The van der Waals surface area contributed by atoms with Crippen molar-refractivity contribution in [1.82, 2.24) is 9.97 Å². The van der Waals surface area contributed by atoms with Gasteiger partial charge in [-0.2, -0.15) is 0 Å². The van der Waals surface area contributed by atoms with Crippen LogP contribution in [0.3, 0.4) is 0 Å². The number of carbonyl (C=O) groups excluding carboxylic acids is 1. The van der Waals surface area contributed by atoms with Gasteiger partial charge in [0.15, 0.2) is 0 Å². The highest BCUT2D eigenvalue weighted by Crippen LogP contribution is 2.35. The zero-order valence-corrected chi connectivity index (χ0v) is 18.0. The van der Waals surface area contributed by atoms with Crippen molar-refractivity contribution in [2.24, 2.45) is 0 Å². The number of ether oxygens (including phenoxy) is 1. The minimum absolute atomic E-state index is 0.0454. The van der Waals surface area contributed by atoms with Crippen LogP contribution in [0.15, 0.2) is 30.6 Å². The van der Waals surface area contributed by atoms with Gasteiger partial charge in [-0.25, -0.2) is 14.8 Å². The van der Waals surface area contributed by atoms with Gasteiger partial charge >= 0.3 is 5.97 Å². The lowest BCUT2D eigenvalue weighted by Crippen LogP contribution is -2.20. The zero-order valence-electron chi connectivity index (χ0n) is 17.2. The van der Waals surface area contributed by atoms with E-state index >= 15 is 0 Å². The van der Waals surface area contributed by atoms with E-state index in [4.69, 9.17) is 4.74 Å². The molecule has 1 aromatic carbocycles. The van der Waals surface area contributed by atoms with Crippen LogP contribution >= 0.6 is 11.3 Å². The largest absolute Gasteiger partial charge is 0.458 e. The molecule has 1 fully saturated rings. The van der Waals surface area contributed by atoms with Gasteiger partial charge in [-0.1, -0.05) is 32.4 Å². The summed E-state index contributed by atoms with van der Waals surface area (Å²) in [5.41, 5.74) is 3.14. The molecule has 0 spiro atoms. The van der Waals surface area contributed by atoms with Crippen LogP contribution < -0.4 is 5.32 Å². The van der Waals surface area contributed by atoms with Crippen molar-refractivity contribution in [2.45, 2.75) is 64.9 Å². The SMILES string of the molecule is Cc1c(C(=O)OC2CCCCC2)sc2ncnc(Nc3ccc(C(C)C)cc3)c12. The maximum atomic E-state index is 12.8. The monoisotopic (exact) mass is 409 g/mol. The van der Waals surface area contributed by atoms with E-state index in [1.165, 1.54) is 23.3 Å². The first-order valence-electron chi connectivity index (χ1n) is 10.3. The number of anilines is 2. The summed E-state index contributed by atoms with van der Waals surface area (Å²) in [6, 6.07) is 8.37. The average Bonchev–Trinajstić information content (AvgIpc) is 3.07. The van der Waals surface area contributed by atoms with Gasteiger partial charge in [0.1, 0.15) is 28.0 Å². The topological polar surface area (TPSA) is 64.1 Å². The number of aromatic nitrogens is 2. The van der Waals surface area contributed by atoms with Gasteiger partial charge in [-0.3, -0.25) is 0 Å². The summed E-state index contributed by atoms with van der Waals surface area (Å²) in [5, 5.41) is 4.28. The van der Waals surface area contributed by atoms with Crippen LogP contribution in [-0.4, -0.2) is 22.0 Å². The Morgan fingerprint density at radius 1 is 1.14 bits per heavy atom. The number of aryl methyl sites for hydroxylation is 1. The first-order chi connectivity index (χ1) is 14.0. The molecule has 0 saturated heterocycles. The lowest BCUT2D eigenvalue weighted by molar-refractivity contribution is 0.0216. The van der Waals surface area contributed by atoms with Gasteiger partial charge in [-0.05, 0) is 61.8 Å². The standard InChI is InChI=1S/C23H27N3O2S/c1-14(2)16-9-11-17(12-10-16)26-21-19-15(3)20(29-22(19)25-13-24-21)23(27)28-18-7-5-4-6-8-18/h9-14,18H,4-8H2,1-3H3,(H,24,25,26). The molecule has 0 atom stereocenters. The molecule has 1 N–H and O–H groups in total. The molecule has 6 heteroatoms. The molecule has 0 unspecified atom stereocenters. The third-order valence-electron chi connectivity index (χ3n) is 5.58. The number of thiophene rings is 1. The summed E-state index contributed by atoms with van der Waals surface area (Å²) in [6.45, 7) is 6.31. The second-order valence-corrected chi connectivity index (χ2v) is 9.02. The van der Waals surface area contributed by atoms with Crippen LogP contribution in [0.2, 0.25) is 0 Å². The van der Waals surface area contributed by atoms with E-state index in [9.17, 15) is 4.79 Å². The molecule has 152 valence electrons. The molecule has 1 aliphatic carbocycles. The average molecular weight is 410 g/mol. The van der Waals surface area contributed by atoms with Gasteiger partial charge in [-0.15, -0.1) is 11.3 Å². The van der Waals surface area contributed by atoms with Gasteiger partial charge in [0.25, 0.3) is 0 Å². The fraction of sp³-hybridized carbons (Fsp3) is 0.435. The Hall–Kier alpha value is -2.47. The number of esters is 1. The highest BCUT2D eigenvalue weighted by atomic mass is 32.1. The predicted octanol–water partition coefficient (Wildman–Crippen LogP) is 6.36. The molecule has 2 heterocycles. The Kier molecular flexibility index (Phi) is 5.81. The highest BCUT2D eigenvalue weighted by Gasteiger charge is 2.24. The van der Waals surface area contributed by atoms with E-state index in [-0.39, 0.29) is 12.1 Å². The third kappa shape index (κ3) is 4.27. The molecule has 4 rings (SSSR count). The smallest absolute Gasteiger partial charge is 0.348 e. The normalized spacial score (nSPS) is 15.0. The first-order valence-corrected chi connectivity index (χ1v) is 11.2. The summed E-state index contributed by atoms with van der Waals surface area (Å²) in [6.07, 6.45) is 7.03. The minimum atomic E-state index is -0.232. The van der Waals surface area contributed by atoms with Crippen molar-refractivity contribution in [3.05, 3.63) is 46.6 Å². The Labute approximate surface area is 175 Å². The van der Waals surface area contributed by atoms with Crippen molar-refractivity contribution in [3.8, 4) is 0 Å². The van der Waals surface area contributed by atoms with Crippen molar-refractivity contribution in [3.63, 3.8) is 0 Å². The summed E-state index contributed by atoms with van der Waals surface area (Å²) < 4.78 is 5.78. The molecular formula is C23H27N3O2S. The second kappa shape index (κ2) is 8.49. The Morgan fingerprint density at radius 3 is 2.55 bits per heavy atom. The Balaban J connectivity index is 1.60. The molecule has 5 nitrogen and oxygen atoms in total. The molecule has 1 saturated carbocycles. The maximum absolute atomic E-state index is 12.8. The lowest BCUT2D eigenvalue weighted by atomic mass is 9.98. The van der Waals surface area contributed by atoms with Crippen LogP contribution in [-0.2, 0) is 4.74 Å². The van der Waals surface area contributed by atoms with Gasteiger partial charge in [0.05, 0.1) is 5.39 Å². The van der Waals surface area contributed by atoms with Crippen molar-refractivity contribution in [2.75, 3.05) is 5.32 Å². The van der Waals surface area contributed by atoms with Crippen LogP contribution in [0.1, 0.15) is 72.7 Å². The Bertz CT molecular complexity index is 1000. The fourth-order valence-electron chi connectivity index (χ4n) is 3.84. The molecule has 0 bridgehead atoms. The second-order valence-electron chi connectivity index (χ2n) is 8.03. The van der Waals surface area contributed by atoms with Crippen LogP contribution in [0.25, 0.3) is 10.2 Å². The molecular weight excluding hydrogens is 382 g/mol. The molecule has 0 amide bonds. The fourth-order valence-corrected chi connectivity index (χ4v) is 4.87. The predicted molar refractivity (Wildman–Crippen MR) is 118 cm³/mol. The number of hydrogen-bond acceptors (Lipinski definition) is 6. The van der Waals surface area contributed by atoms with Crippen molar-refractivity contribution >= 4 is 39.0 Å². The highest BCUT2D eigenvalue weighted by molar-refractivity contribution is 7.20. The minimum Gasteiger partial charge on any atom is -0.458 e.